The Balaban J connectivity index is 1.57. The summed E-state index contributed by atoms with van der Waals surface area (Å²) in [5.74, 6) is -0.0256. The molecule has 1 aliphatic rings. The van der Waals surface area contributed by atoms with E-state index in [-0.39, 0.29) is 11.9 Å². The minimum absolute atomic E-state index is 0.263. The van der Waals surface area contributed by atoms with Crippen LogP contribution in [-0.2, 0) is 17.6 Å². The molecule has 5 nitrogen and oxygen atoms in total. The molecule has 7 heteroatoms. The topological polar surface area (TPSA) is 68.3 Å². The first-order valence-electron chi connectivity index (χ1n) is 12.3. The molecule has 36 heavy (non-hydrogen) atoms. The van der Waals surface area contributed by atoms with E-state index in [1.54, 1.807) is 6.92 Å². The first kappa shape index (κ1) is 24.7. The van der Waals surface area contributed by atoms with Crippen molar-refractivity contribution >= 4 is 55.0 Å². The molecule has 4 aromatic rings. The number of thiophene rings is 1. The third kappa shape index (κ3) is 4.82. The second kappa shape index (κ2) is 10.5. The van der Waals surface area contributed by atoms with Crippen LogP contribution in [-0.4, -0.2) is 23.5 Å². The number of nitrogens with one attached hydrogen (secondary N) is 1. The molecule has 0 saturated heterocycles. The summed E-state index contributed by atoms with van der Waals surface area (Å²) in [6.45, 7) is 4.30. The van der Waals surface area contributed by atoms with Crippen LogP contribution in [0.3, 0.4) is 0 Å². The van der Waals surface area contributed by atoms with Gasteiger partial charge in [0, 0.05) is 20.3 Å². The Bertz CT molecular complexity index is 1460. The Morgan fingerprint density at radius 3 is 2.75 bits per heavy atom. The van der Waals surface area contributed by atoms with Crippen molar-refractivity contribution in [2.75, 3.05) is 11.9 Å². The van der Waals surface area contributed by atoms with Crippen LogP contribution in [0.1, 0.15) is 57.8 Å². The average Bonchev–Trinajstić information content (AvgIpc) is 3.25. The van der Waals surface area contributed by atoms with Crippen LogP contribution in [0.2, 0.25) is 0 Å². The van der Waals surface area contributed by atoms with Gasteiger partial charge in [0.05, 0.1) is 28.9 Å². The fourth-order valence-electron chi connectivity index (χ4n) is 4.84. The summed E-state index contributed by atoms with van der Waals surface area (Å²) in [5.41, 5.74) is 4.43. The van der Waals surface area contributed by atoms with Crippen LogP contribution in [0.5, 0.6) is 0 Å². The second-order valence-corrected chi connectivity index (χ2v) is 11.0. The summed E-state index contributed by atoms with van der Waals surface area (Å²) in [6, 6.07) is 17.3. The molecule has 1 N–H and O–H groups in total. The minimum Gasteiger partial charge on any atom is -0.462 e. The van der Waals surface area contributed by atoms with E-state index in [9.17, 15) is 9.59 Å². The first-order chi connectivity index (χ1) is 17.5. The number of amides is 1. The summed E-state index contributed by atoms with van der Waals surface area (Å²) < 4.78 is 6.33. The fourth-order valence-corrected chi connectivity index (χ4v) is 6.58. The maximum Gasteiger partial charge on any atom is 0.341 e. The van der Waals surface area contributed by atoms with Crippen molar-refractivity contribution in [1.29, 1.82) is 0 Å². The molecule has 2 heterocycles. The summed E-state index contributed by atoms with van der Waals surface area (Å²) in [7, 11) is 0. The van der Waals surface area contributed by atoms with E-state index in [4.69, 9.17) is 9.72 Å². The van der Waals surface area contributed by atoms with Crippen molar-refractivity contribution in [3.05, 3.63) is 80.6 Å². The molecular weight excluding hydrogens is 536 g/mol. The normalized spacial score (nSPS) is 14.9. The molecule has 1 aliphatic carbocycles. The van der Waals surface area contributed by atoms with Gasteiger partial charge in [0.15, 0.2) is 0 Å². The van der Waals surface area contributed by atoms with Gasteiger partial charge in [-0.15, -0.1) is 11.3 Å². The smallest absolute Gasteiger partial charge is 0.341 e. The molecule has 1 atom stereocenters. The third-order valence-corrected chi connectivity index (χ3v) is 8.40. The SMILES string of the molecule is CCOC(=O)c1c(NC(=O)c2cc(-c3cccc(Br)c3)nc3ccccc23)sc2c1CCC(CC)C2. The number of rotatable bonds is 6. The minimum atomic E-state index is -0.366. The number of pyridine rings is 1. The zero-order chi connectivity index (χ0) is 25.2. The van der Waals surface area contributed by atoms with Crippen molar-refractivity contribution in [3.63, 3.8) is 0 Å². The number of anilines is 1. The maximum absolute atomic E-state index is 13.8. The lowest BCUT2D eigenvalue weighted by atomic mass is 9.85. The predicted molar refractivity (Wildman–Crippen MR) is 149 cm³/mol. The van der Waals surface area contributed by atoms with Gasteiger partial charge < -0.3 is 10.1 Å². The van der Waals surface area contributed by atoms with E-state index >= 15 is 0 Å². The lowest BCUT2D eigenvalue weighted by Crippen LogP contribution is -2.17. The maximum atomic E-state index is 13.8. The molecule has 184 valence electrons. The Labute approximate surface area is 223 Å². The highest BCUT2D eigenvalue weighted by Gasteiger charge is 2.30. The van der Waals surface area contributed by atoms with Crippen molar-refractivity contribution in [1.82, 2.24) is 4.98 Å². The van der Waals surface area contributed by atoms with E-state index in [2.05, 4.69) is 28.2 Å². The van der Waals surface area contributed by atoms with E-state index in [1.165, 1.54) is 16.2 Å². The fraction of sp³-hybridized carbons (Fsp3) is 0.276. The Kier molecular flexibility index (Phi) is 7.21. The third-order valence-electron chi connectivity index (χ3n) is 6.73. The highest BCUT2D eigenvalue weighted by molar-refractivity contribution is 9.10. The lowest BCUT2D eigenvalue weighted by Gasteiger charge is -2.20. The lowest BCUT2D eigenvalue weighted by molar-refractivity contribution is 0.0526. The number of aromatic nitrogens is 1. The van der Waals surface area contributed by atoms with Gasteiger partial charge in [0.1, 0.15) is 5.00 Å². The van der Waals surface area contributed by atoms with Gasteiger partial charge in [-0.3, -0.25) is 4.79 Å². The van der Waals surface area contributed by atoms with Crippen molar-refractivity contribution in [2.45, 2.75) is 39.5 Å². The Morgan fingerprint density at radius 2 is 1.97 bits per heavy atom. The molecule has 1 unspecified atom stereocenters. The van der Waals surface area contributed by atoms with Crippen LogP contribution in [0.15, 0.2) is 59.1 Å². The number of halogens is 1. The molecule has 0 saturated carbocycles. The molecular formula is C29H27BrN2O3S. The molecule has 5 rings (SSSR count). The van der Waals surface area contributed by atoms with Crippen molar-refractivity contribution in [3.8, 4) is 11.3 Å². The number of carbonyl (C=O) groups excluding carboxylic acids is 2. The molecule has 2 aromatic heterocycles. The van der Waals surface area contributed by atoms with Crippen LogP contribution < -0.4 is 5.32 Å². The second-order valence-electron chi connectivity index (χ2n) is 8.98. The number of hydrogen-bond acceptors (Lipinski definition) is 5. The van der Waals surface area contributed by atoms with Gasteiger partial charge in [0.2, 0.25) is 0 Å². The van der Waals surface area contributed by atoms with Crippen LogP contribution in [0.4, 0.5) is 5.00 Å². The van der Waals surface area contributed by atoms with Gasteiger partial charge >= 0.3 is 5.97 Å². The summed E-state index contributed by atoms with van der Waals surface area (Å²) in [4.78, 5) is 32.7. The largest absolute Gasteiger partial charge is 0.462 e. The van der Waals surface area contributed by atoms with E-state index in [0.29, 0.717) is 34.3 Å². The predicted octanol–water partition coefficient (Wildman–Crippen LogP) is 7.67. The van der Waals surface area contributed by atoms with E-state index in [1.807, 2.05) is 54.6 Å². The Morgan fingerprint density at radius 1 is 1.14 bits per heavy atom. The number of hydrogen-bond donors (Lipinski definition) is 1. The number of carbonyl (C=O) groups is 2. The van der Waals surface area contributed by atoms with Crippen LogP contribution in [0.25, 0.3) is 22.2 Å². The molecule has 0 bridgehead atoms. The van der Waals surface area contributed by atoms with Gasteiger partial charge in [-0.25, -0.2) is 9.78 Å². The number of nitrogens with zero attached hydrogens (tertiary/aromatic N) is 1. The first-order valence-corrected chi connectivity index (χ1v) is 13.9. The molecule has 0 radical (unpaired) electrons. The van der Waals surface area contributed by atoms with Crippen molar-refractivity contribution < 1.29 is 14.3 Å². The number of esters is 1. The molecule has 0 fully saturated rings. The number of ether oxygens (including phenoxy) is 1. The number of para-hydroxylation sites is 1. The highest BCUT2D eigenvalue weighted by atomic mass is 79.9. The number of benzene rings is 2. The van der Waals surface area contributed by atoms with Crippen LogP contribution >= 0.6 is 27.3 Å². The van der Waals surface area contributed by atoms with Gasteiger partial charge in [0.25, 0.3) is 5.91 Å². The zero-order valence-electron chi connectivity index (χ0n) is 20.3. The standard InChI is InChI=1S/C29H27BrN2O3S/c1-3-17-12-13-21-25(14-17)36-28(26(21)29(34)35-4-2)32-27(33)22-16-24(18-8-7-9-19(30)15-18)31-23-11-6-5-10-20(22)23/h5-11,15-17H,3-4,12-14H2,1-2H3,(H,32,33). The zero-order valence-corrected chi connectivity index (χ0v) is 22.7. The van der Waals surface area contributed by atoms with E-state index in [0.717, 1.165) is 52.2 Å². The molecule has 1 amide bonds. The summed E-state index contributed by atoms with van der Waals surface area (Å²) >= 11 is 5.03. The summed E-state index contributed by atoms with van der Waals surface area (Å²) in [5, 5.41) is 4.42. The Hall–Kier alpha value is -3.03. The number of fused-ring (bicyclic) bond motifs is 2. The monoisotopic (exact) mass is 562 g/mol. The summed E-state index contributed by atoms with van der Waals surface area (Å²) in [6.07, 6.45) is 3.92. The quantitative estimate of drug-likeness (QED) is 0.245. The van der Waals surface area contributed by atoms with Crippen LogP contribution in [0, 0.1) is 5.92 Å². The highest BCUT2D eigenvalue weighted by Crippen LogP contribution is 2.41. The molecule has 2 aromatic carbocycles. The van der Waals surface area contributed by atoms with Gasteiger partial charge in [-0.05, 0) is 61.9 Å². The van der Waals surface area contributed by atoms with Gasteiger partial charge in [-0.2, -0.15) is 0 Å². The van der Waals surface area contributed by atoms with E-state index < -0.39 is 0 Å². The molecule has 0 spiro atoms. The van der Waals surface area contributed by atoms with Gasteiger partial charge in [-0.1, -0.05) is 59.6 Å². The molecule has 0 aliphatic heterocycles. The van der Waals surface area contributed by atoms with Crippen molar-refractivity contribution in [2.24, 2.45) is 5.92 Å². The average molecular weight is 564 g/mol.